The first-order valence-electron chi connectivity index (χ1n) is 10.8. The summed E-state index contributed by atoms with van der Waals surface area (Å²) in [4.78, 5) is 15.4. The van der Waals surface area contributed by atoms with E-state index in [0.29, 0.717) is 18.0 Å². The molecule has 1 amide bonds. The van der Waals surface area contributed by atoms with Gasteiger partial charge in [-0.25, -0.2) is 0 Å². The summed E-state index contributed by atoms with van der Waals surface area (Å²) >= 11 is 0. The largest absolute Gasteiger partial charge is 0.333 e. The fourth-order valence-corrected chi connectivity index (χ4v) is 4.62. The van der Waals surface area contributed by atoms with Crippen LogP contribution in [0, 0.1) is 0 Å². The molecule has 0 unspecified atom stereocenters. The molecular weight excluding hydrogens is 318 g/mol. The number of hydrogen-bond donors (Lipinski definition) is 0. The summed E-state index contributed by atoms with van der Waals surface area (Å²) in [5.74, 6) is 0.777. The maximum Gasteiger partial charge on any atom is 0.247 e. The molecule has 0 aliphatic heterocycles. The van der Waals surface area contributed by atoms with Gasteiger partial charge in [0.1, 0.15) is 0 Å². The van der Waals surface area contributed by atoms with Crippen molar-refractivity contribution < 1.29 is 4.79 Å². The Labute approximate surface area is 159 Å². The lowest BCUT2D eigenvalue weighted by molar-refractivity contribution is -0.132. The van der Waals surface area contributed by atoms with E-state index in [1.54, 1.807) is 0 Å². The van der Waals surface area contributed by atoms with Gasteiger partial charge in [0.05, 0.1) is 0 Å². The van der Waals surface area contributed by atoms with Gasteiger partial charge < -0.3 is 4.90 Å². The van der Waals surface area contributed by atoms with E-state index in [9.17, 15) is 4.79 Å². The molecule has 3 rings (SSSR count). The van der Waals surface area contributed by atoms with Gasteiger partial charge in [0.25, 0.3) is 0 Å². The van der Waals surface area contributed by atoms with Crippen LogP contribution in [0.1, 0.15) is 95.1 Å². The Morgan fingerprint density at radius 3 is 1.85 bits per heavy atom. The van der Waals surface area contributed by atoms with E-state index in [0.717, 1.165) is 5.56 Å². The van der Waals surface area contributed by atoms with E-state index < -0.39 is 0 Å². The third-order valence-corrected chi connectivity index (χ3v) is 6.21. The molecule has 26 heavy (non-hydrogen) atoms. The van der Waals surface area contributed by atoms with Crippen molar-refractivity contribution in [2.24, 2.45) is 0 Å². The molecule has 2 aliphatic rings. The van der Waals surface area contributed by atoms with Crippen LogP contribution in [0.2, 0.25) is 0 Å². The number of nitrogens with zero attached hydrogens (tertiary/aromatic N) is 1. The summed E-state index contributed by atoms with van der Waals surface area (Å²) in [5.41, 5.74) is 2.47. The lowest BCUT2D eigenvalue weighted by Crippen LogP contribution is -2.48. The minimum Gasteiger partial charge on any atom is -0.333 e. The van der Waals surface area contributed by atoms with E-state index in [1.165, 1.54) is 69.8 Å². The third kappa shape index (κ3) is 4.99. The lowest BCUT2D eigenvalue weighted by Gasteiger charge is -2.41. The van der Waals surface area contributed by atoms with Gasteiger partial charge in [-0.2, -0.15) is 0 Å². The summed E-state index contributed by atoms with van der Waals surface area (Å²) in [6.45, 7) is 4.42. The predicted molar refractivity (Wildman–Crippen MR) is 110 cm³/mol. The average molecular weight is 354 g/mol. The highest BCUT2D eigenvalue weighted by Gasteiger charge is 2.31. The molecule has 0 spiro atoms. The first-order valence-corrected chi connectivity index (χ1v) is 10.8. The lowest BCUT2D eigenvalue weighted by atomic mass is 9.88. The van der Waals surface area contributed by atoms with Crippen molar-refractivity contribution >= 4 is 12.0 Å². The molecule has 2 fully saturated rings. The zero-order valence-corrected chi connectivity index (χ0v) is 16.6. The Balaban J connectivity index is 1.71. The molecule has 0 aromatic heterocycles. The fraction of sp³-hybridized carbons (Fsp3) is 0.625. The standard InChI is InChI=1S/C24H35NO/c1-19(2)21-16-13-20(14-17-21)15-18-24(26)25(22-9-5-3-6-10-22)23-11-7-4-8-12-23/h13-19,22-23H,3-12H2,1-2H3/b18-15+. The van der Waals surface area contributed by atoms with Gasteiger partial charge in [-0.3, -0.25) is 4.79 Å². The molecule has 2 heteroatoms. The van der Waals surface area contributed by atoms with Gasteiger partial charge in [0.2, 0.25) is 5.91 Å². The summed E-state index contributed by atoms with van der Waals surface area (Å²) < 4.78 is 0. The quantitative estimate of drug-likeness (QED) is 0.567. The summed E-state index contributed by atoms with van der Waals surface area (Å²) in [5, 5.41) is 0. The predicted octanol–water partition coefficient (Wildman–Crippen LogP) is 6.32. The van der Waals surface area contributed by atoms with Crippen molar-refractivity contribution in [1.29, 1.82) is 0 Å². The van der Waals surface area contributed by atoms with Crippen LogP contribution in [0.15, 0.2) is 30.3 Å². The van der Waals surface area contributed by atoms with Crippen LogP contribution in [0.4, 0.5) is 0 Å². The van der Waals surface area contributed by atoms with Crippen LogP contribution >= 0.6 is 0 Å². The molecule has 142 valence electrons. The van der Waals surface area contributed by atoms with Gasteiger partial charge in [-0.15, -0.1) is 0 Å². The smallest absolute Gasteiger partial charge is 0.247 e. The van der Waals surface area contributed by atoms with Crippen LogP contribution in [0.5, 0.6) is 0 Å². The number of hydrogen-bond acceptors (Lipinski definition) is 1. The van der Waals surface area contributed by atoms with Crippen LogP contribution in [0.25, 0.3) is 6.08 Å². The number of carbonyl (C=O) groups excluding carboxylic acids is 1. The minimum absolute atomic E-state index is 0.233. The normalized spacial score (nSPS) is 20.0. The first kappa shape index (κ1) is 19.2. The highest BCUT2D eigenvalue weighted by molar-refractivity contribution is 5.92. The van der Waals surface area contributed by atoms with Crippen molar-refractivity contribution in [3.05, 3.63) is 41.5 Å². The van der Waals surface area contributed by atoms with Crippen molar-refractivity contribution in [2.75, 3.05) is 0 Å². The molecular formula is C24H35NO. The second-order valence-corrected chi connectivity index (χ2v) is 8.48. The van der Waals surface area contributed by atoms with Crippen molar-refractivity contribution in [3.63, 3.8) is 0 Å². The molecule has 0 heterocycles. The molecule has 0 saturated heterocycles. The Morgan fingerprint density at radius 2 is 1.38 bits per heavy atom. The Hall–Kier alpha value is -1.57. The van der Waals surface area contributed by atoms with E-state index in [1.807, 2.05) is 12.2 Å². The topological polar surface area (TPSA) is 20.3 Å². The Bertz CT molecular complexity index is 571. The monoisotopic (exact) mass is 353 g/mol. The van der Waals surface area contributed by atoms with E-state index >= 15 is 0 Å². The van der Waals surface area contributed by atoms with E-state index in [4.69, 9.17) is 0 Å². The van der Waals surface area contributed by atoms with Gasteiger partial charge >= 0.3 is 0 Å². The van der Waals surface area contributed by atoms with E-state index in [-0.39, 0.29) is 5.91 Å². The highest BCUT2D eigenvalue weighted by Crippen LogP contribution is 2.30. The summed E-state index contributed by atoms with van der Waals surface area (Å²) in [6.07, 6.45) is 16.4. The Kier molecular flexibility index (Phi) is 6.93. The van der Waals surface area contributed by atoms with Crippen LogP contribution in [-0.2, 0) is 4.79 Å². The molecule has 1 aromatic rings. The number of carbonyl (C=O) groups is 1. The molecule has 0 radical (unpaired) electrons. The van der Waals surface area contributed by atoms with Gasteiger partial charge in [0.15, 0.2) is 0 Å². The molecule has 0 bridgehead atoms. The van der Waals surface area contributed by atoms with Crippen molar-refractivity contribution in [3.8, 4) is 0 Å². The van der Waals surface area contributed by atoms with Crippen LogP contribution in [0.3, 0.4) is 0 Å². The van der Waals surface area contributed by atoms with Crippen LogP contribution < -0.4 is 0 Å². The van der Waals surface area contributed by atoms with Crippen molar-refractivity contribution in [1.82, 2.24) is 4.90 Å². The maximum absolute atomic E-state index is 13.1. The zero-order valence-electron chi connectivity index (χ0n) is 16.6. The van der Waals surface area contributed by atoms with Crippen LogP contribution in [-0.4, -0.2) is 22.9 Å². The van der Waals surface area contributed by atoms with Gasteiger partial charge in [0, 0.05) is 18.2 Å². The number of benzene rings is 1. The molecule has 1 aromatic carbocycles. The third-order valence-electron chi connectivity index (χ3n) is 6.21. The van der Waals surface area contributed by atoms with Crippen molar-refractivity contribution in [2.45, 2.75) is 96.1 Å². The number of rotatable bonds is 5. The molecule has 2 aliphatic carbocycles. The second kappa shape index (κ2) is 9.39. The summed E-state index contributed by atoms with van der Waals surface area (Å²) in [6, 6.07) is 9.54. The SMILES string of the molecule is CC(C)c1ccc(/C=C/C(=O)N(C2CCCCC2)C2CCCCC2)cc1. The average Bonchev–Trinajstić information content (AvgIpc) is 2.68. The molecule has 0 N–H and O–H groups in total. The minimum atomic E-state index is 0.233. The zero-order chi connectivity index (χ0) is 18.4. The molecule has 0 atom stereocenters. The highest BCUT2D eigenvalue weighted by atomic mass is 16.2. The molecule has 2 nitrogen and oxygen atoms in total. The summed E-state index contributed by atoms with van der Waals surface area (Å²) in [7, 11) is 0. The number of amides is 1. The maximum atomic E-state index is 13.1. The first-order chi connectivity index (χ1) is 12.6. The van der Waals surface area contributed by atoms with E-state index in [2.05, 4.69) is 43.0 Å². The van der Waals surface area contributed by atoms with Gasteiger partial charge in [-0.1, -0.05) is 76.6 Å². The van der Waals surface area contributed by atoms with Gasteiger partial charge in [-0.05, 0) is 48.8 Å². The molecule has 2 saturated carbocycles. The Morgan fingerprint density at radius 1 is 0.885 bits per heavy atom. The fourth-order valence-electron chi connectivity index (χ4n) is 4.62. The second-order valence-electron chi connectivity index (χ2n) is 8.48.